The minimum absolute atomic E-state index is 0. The first-order chi connectivity index (χ1) is 13.4. The molecule has 0 aliphatic rings. The molecule has 29 heavy (non-hydrogen) atoms. The molecule has 2 unspecified atom stereocenters. The van der Waals surface area contributed by atoms with Crippen LogP contribution in [0.1, 0.15) is 72.1 Å². The fourth-order valence-corrected chi connectivity index (χ4v) is 4.68. The van der Waals surface area contributed by atoms with E-state index < -0.39 is 0 Å². The summed E-state index contributed by atoms with van der Waals surface area (Å²) >= 11 is 0. The second-order valence-corrected chi connectivity index (χ2v) is 9.12. The third-order valence-electron chi connectivity index (χ3n) is 5.72. The maximum absolute atomic E-state index is 12.9. The van der Waals surface area contributed by atoms with Crippen molar-refractivity contribution < 1.29 is 9.53 Å². The van der Waals surface area contributed by atoms with Gasteiger partial charge in [0.2, 0.25) is 0 Å². The van der Waals surface area contributed by atoms with E-state index in [1.165, 1.54) is 30.4 Å². The molecule has 2 rings (SSSR count). The van der Waals surface area contributed by atoms with Crippen molar-refractivity contribution >= 4 is 38.3 Å². The molecule has 0 saturated heterocycles. The molecule has 4 heteroatoms. The van der Waals surface area contributed by atoms with Gasteiger partial charge in [-0.15, -0.1) is 0 Å². The number of carbonyl (C=O) groups excluding carboxylic acids is 1. The largest absolute Gasteiger partial charge is 0.493 e. The molecule has 2 aromatic carbocycles. The summed E-state index contributed by atoms with van der Waals surface area (Å²) in [5, 5.41) is 1.06. The maximum atomic E-state index is 12.9. The van der Waals surface area contributed by atoms with Crippen molar-refractivity contribution in [2.45, 2.75) is 67.2 Å². The predicted molar refractivity (Wildman–Crippen MR) is 129 cm³/mol. The Balaban J connectivity index is 0.00000420. The van der Waals surface area contributed by atoms with Crippen molar-refractivity contribution in [2.75, 3.05) is 6.61 Å². The van der Waals surface area contributed by atoms with E-state index >= 15 is 0 Å². The van der Waals surface area contributed by atoms with E-state index in [1.807, 2.05) is 31.2 Å². The molecule has 0 spiro atoms. The zero-order valence-electron chi connectivity index (χ0n) is 19.3. The number of ether oxygens (including phenoxy) is 1. The standard InChI is InChI=1S/C25H35O2P.Li/c1-7-9-10-21(8-2)16-27-22-11-13-23(14-12-22)28-25(26)24-18(4)15-17(3)19(5)20(24)6;/h11-15,21,28H,7-10,16H2,1-6H3;. The van der Waals surface area contributed by atoms with Gasteiger partial charge in [0.05, 0.1) is 6.61 Å². The maximum Gasteiger partial charge on any atom is 0.186 e. The molecule has 2 atom stereocenters. The molecule has 1 radical (unpaired) electrons. The molecule has 0 heterocycles. The van der Waals surface area contributed by atoms with E-state index in [-0.39, 0.29) is 33.0 Å². The Bertz CT molecular complexity index is 799. The molecule has 0 aliphatic carbocycles. The van der Waals surface area contributed by atoms with E-state index in [9.17, 15) is 4.79 Å². The van der Waals surface area contributed by atoms with Gasteiger partial charge in [0.15, 0.2) is 5.52 Å². The number of unbranched alkanes of at least 4 members (excludes halogenated alkanes) is 1. The summed E-state index contributed by atoms with van der Waals surface area (Å²) in [7, 11) is 0.141. The van der Waals surface area contributed by atoms with Gasteiger partial charge in [0.25, 0.3) is 0 Å². The molecule has 0 aliphatic heterocycles. The average molecular weight is 405 g/mol. The molecule has 0 saturated carbocycles. The Hall–Kier alpha value is -1.06. The van der Waals surface area contributed by atoms with Crippen molar-refractivity contribution in [1.29, 1.82) is 0 Å². The number of hydrogen-bond acceptors (Lipinski definition) is 2. The topological polar surface area (TPSA) is 26.3 Å². The first kappa shape index (κ1) is 26.0. The van der Waals surface area contributed by atoms with Crippen molar-refractivity contribution in [2.24, 2.45) is 5.92 Å². The Labute approximate surface area is 191 Å². The van der Waals surface area contributed by atoms with Crippen molar-refractivity contribution in [1.82, 2.24) is 0 Å². The van der Waals surface area contributed by atoms with E-state index in [0.29, 0.717) is 5.92 Å². The SMILES string of the molecule is CCCCC(CC)COc1ccc(PC(=O)c2c(C)cc(C)c(C)c2C)cc1.[Li]. The van der Waals surface area contributed by atoms with Gasteiger partial charge in [-0.05, 0) is 88.3 Å². The van der Waals surface area contributed by atoms with E-state index in [1.54, 1.807) is 0 Å². The molecule has 2 aromatic rings. The first-order valence-corrected chi connectivity index (χ1v) is 11.5. The summed E-state index contributed by atoms with van der Waals surface area (Å²) < 4.78 is 5.99. The monoisotopic (exact) mass is 405 g/mol. The Morgan fingerprint density at radius 2 is 1.66 bits per heavy atom. The van der Waals surface area contributed by atoms with Crippen LogP contribution in [-0.4, -0.2) is 31.0 Å². The van der Waals surface area contributed by atoms with Crippen molar-refractivity contribution in [3.8, 4) is 5.75 Å². The third-order valence-corrected chi connectivity index (χ3v) is 6.82. The quantitative estimate of drug-likeness (QED) is 0.344. The third kappa shape index (κ3) is 7.29. The molecule has 0 N–H and O–H groups in total. The Kier molecular flexibility index (Phi) is 11.3. The summed E-state index contributed by atoms with van der Waals surface area (Å²) in [6, 6.07) is 10.2. The number of rotatable bonds is 10. The van der Waals surface area contributed by atoms with Gasteiger partial charge in [-0.2, -0.15) is 0 Å². The van der Waals surface area contributed by atoms with Crippen LogP contribution in [0.15, 0.2) is 30.3 Å². The van der Waals surface area contributed by atoms with Gasteiger partial charge in [0.1, 0.15) is 5.75 Å². The van der Waals surface area contributed by atoms with Crippen LogP contribution in [0.4, 0.5) is 0 Å². The fourth-order valence-electron chi connectivity index (χ4n) is 3.57. The minimum atomic E-state index is 0. The summed E-state index contributed by atoms with van der Waals surface area (Å²) in [5.41, 5.74) is 5.78. The van der Waals surface area contributed by atoms with E-state index in [2.05, 4.69) is 40.7 Å². The van der Waals surface area contributed by atoms with E-state index in [4.69, 9.17) is 4.74 Å². The van der Waals surface area contributed by atoms with Gasteiger partial charge in [-0.25, -0.2) is 0 Å². The van der Waals surface area contributed by atoms with Crippen molar-refractivity contribution in [3.63, 3.8) is 0 Å². The van der Waals surface area contributed by atoms with Crippen LogP contribution < -0.4 is 10.0 Å². The molecular formula is C25H35LiO2P. The Morgan fingerprint density at radius 3 is 2.24 bits per heavy atom. The van der Waals surface area contributed by atoms with Crippen LogP contribution in [0, 0.1) is 33.6 Å². The fraction of sp³-hybridized carbons (Fsp3) is 0.480. The average Bonchev–Trinajstić information content (AvgIpc) is 2.67. The first-order valence-electron chi connectivity index (χ1n) is 10.5. The number of aryl methyl sites for hydroxylation is 2. The zero-order valence-corrected chi connectivity index (χ0v) is 20.3. The van der Waals surface area contributed by atoms with Crippen LogP contribution >= 0.6 is 8.58 Å². The second kappa shape index (κ2) is 12.6. The molecule has 153 valence electrons. The van der Waals surface area contributed by atoms with Gasteiger partial charge in [-0.3, -0.25) is 4.79 Å². The predicted octanol–water partition coefficient (Wildman–Crippen LogP) is 6.28. The van der Waals surface area contributed by atoms with E-state index in [0.717, 1.165) is 40.8 Å². The van der Waals surface area contributed by atoms with Crippen LogP contribution in [0.5, 0.6) is 5.75 Å². The number of benzene rings is 2. The van der Waals surface area contributed by atoms with Gasteiger partial charge in [0, 0.05) is 24.4 Å². The zero-order chi connectivity index (χ0) is 20.7. The normalized spacial score (nSPS) is 12.1. The number of hydrogen-bond donors (Lipinski definition) is 0. The van der Waals surface area contributed by atoms with Gasteiger partial charge >= 0.3 is 0 Å². The molecule has 0 amide bonds. The second-order valence-electron chi connectivity index (χ2n) is 7.84. The smallest absolute Gasteiger partial charge is 0.186 e. The molecule has 0 aromatic heterocycles. The van der Waals surface area contributed by atoms with Crippen molar-refractivity contribution in [3.05, 3.63) is 58.1 Å². The van der Waals surface area contributed by atoms with Crippen LogP contribution in [0.3, 0.4) is 0 Å². The van der Waals surface area contributed by atoms with Gasteiger partial charge < -0.3 is 4.74 Å². The van der Waals surface area contributed by atoms with Crippen LogP contribution in [0.25, 0.3) is 0 Å². The Morgan fingerprint density at radius 1 is 1.00 bits per heavy atom. The summed E-state index contributed by atoms with van der Waals surface area (Å²) in [4.78, 5) is 12.9. The summed E-state index contributed by atoms with van der Waals surface area (Å²) in [6.45, 7) is 13.5. The summed E-state index contributed by atoms with van der Waals surface area (Å²) in [5.74, 6) is 1.52. The van der Waals surface area contributed by atoms with Crippen LogP contribution in [0.2, 0.25) is 0 Å². The molecular weight excluding hydrogens is 370 g/mol. The molecule has 0 bridgehead atoms. The van der Waals surface area contributed by atoms with Gasteiger partial charge in [-0.1, -0.05) is 51.3 Å². The molecule has 2 nitrogen and oxygen atoms in total. The number of carbonyl (C=O) groups is 1. The molecule has 0 fully saturated rings. The van der Waals surface area contributed by atoms with Crippen LogP contribution in [-0.2, 0) is 0 Å². The minimum Gasteiger partial charge on any atom is -0.493 e. The summed E-state index contributed by atoms with van der Waals surface area (Å²) in [6.07, 6.45) is 4.89.